The fourth-order valence-electron chi connectivity index (χ4n) is 2.89. The molecule has 0 atom stereocenters. The normalized spacial score (nSPS) is 15.8. The van der Waals surface area contributed by atoms with Gasteiger partial charge in [-0.05, 0) is 28.1 Å². The van der Waals surface area contributed by atoms with Crippen molar-refractivity contribution < 1.29 is 8.42 Å². The van der Waals surface area contributed by atoms with Crippen LogP contribution in [0.25, 0.3) is 10.2 Å². The van der Waals surface area contributed by atoms with Crippen molar-refractivity contribution in [1.29, 1.82) is 0 Å². The Labute approximate surface area is 152 Å². The van der Waals surface area contributed by atoms with Crippen molar-refractivity contribution in [1.82, 2.24) is 14.8 Å². The number of benzene rings is 1. The summed E-state index contributed by atoms with van der Waals surface area (Å²) in [6, 6.07) is 5.31. The zero-order valence-corrected chi connectivity index (χ0v) is 16.1. The monoisotopic (exact) mass is 426 g/mol. The second-order valence-corrected chi connectivity index (χ2v) is 9.93. The topological polar surface area (TPSA) is 68.1 Å². The van der Waals surface area contributed by atoms with Crippen molar-refractivity contribution in [3.05, 3.63) is 35.1 Å². The number of anilines is 1. The molecular formula is C15H15BrN4O2S2. The SMILES string of the molecule is CS(=O)(=O)c1cccc2sc(N3CC(Cn4cc(Br)cn4)C3)nc12. The third-order valence-electron chi connectivity index (χ3n) is 4.04. The number of rotatable bonds is 4. The predicted molar refractivity (Wildman–Crippen MR) is 98.4 cm³/mol. The van der Waals surface area contributed by atoms with Crippen LogP contribution in [0.4, 0.5) is 5.13 Å². The quantitative estimate of drug-likeness (QED) is 0.641. The van der Waals surface area contributed by atoms with Crippen LogP contribution in [0.3, 0.4) is 0 Å². The lowest BCUT2D eigenvalue weighted by atomic mass is 10.0. The Morgan fingerprint density at radius 2 is 2.17 bits per heavy atom. The van der Waals surface area contributed by atoms with E-state index in [1.54, 1.807) is 29.7 Å². The van der Waals surface area contributed by atoms with Crippen LogP contribution >= 0.6 is 27.3 Å². The van der Waals surface area contributed by atoms with Gasteiger partial charge < -0.3 is 4.90 Å². The van der Waals surface area contributed by atoms with Crippen molar-refractivity contribution in [2.45, 2.75) is 11.4 Å². The lowest BCUT2D eigenvalue weighted by molar-refractivity contribution is 0.342. The van der Waals surface area contributed by atoms with Gasteiger partial charge >= 0.3 is 0 Å². The van der Waals surface area contributed by atoms with Gasteiger partial charge in [-0.15, -0.1) is 0 Å². The summed E-state index contributed by atoms with van der Waals surface area (Å²) in [5.74, 6) is 0.526. The summed E-state index contributed by atoms with van der Waals surface area (Å²) in [5, 5.41) is 5.17. The number of hydrogen-bond donors (Lipinski definition) is 0. The summed E-state index contributed by atoms with van der Waals surface area (Å²) in [5.41, 5.74) is 0.583. The molecule has 1 saturated heterocycles. The highest BCUT2D eigenvalue weighted by molar-refractivity contribution is 9.10. The van der Waals surface area contributed by atoms with Gasteiger partial charge in [-0.1, -0.05) is 17.4 Å². The third kappa shape index (κ3) is 2.96. The molecule has 0 radical (unpaired) electrons. The van der Waals surface area contributed by atoms with Crippen LogP contribution in [0.15, 0.2) is 40.0 Å². The van der Waals surface area contributed by atoms with E-state index in [0.29, 0.717) is 16.3 Å². The highest BCUT2D eigenvalue weighted by Crippen LogP contribution is 2.35. The summed E-state index contributed by atoms with van der Waals surface area (Å²) in [6.07, 6.45) is 4.98. The summed E-state index contributed by atoms with van der Waals surface area (Å²) in [6.45, 7) is 2.69. The fourth-order valence-corrected chi connectivity index (χ4v) is 5.13. The first-order valence-corrected chi connectivity index (χ1v) is 10.9. The van der Waals surface area contributed by atoms with Crippen LogP contribution in [0, 0.1) is 5.92 Å². The average Bonchev–Trinajstić information content (AvgIpc) is 3.06. The first kappa shape index (κ1) is 16.0. The van der Waals surface area contributed by atoms with Gasteiger partial charge in [-0.3, -0.25) is 4.68 Å². The molecule has 0 amide bonds. The fraction of sp³-hybridized carbons (Fsp3) is 0.333. The number of sulfone groups is 1. The van der Waals surface area contributed by atoms with Crippen LogP contribution < -0.4 is 4.90 Å². The minimum Gasteiger partial charge on any atom is -0.347 e. The zero-order chi connectivity index (χ0) is 16.9. The van der Waals surface area contributed by atoms with E-state index in [9.17, 15) is 8.42 Å². The van der Waals surface area contributed by atoms with Crippen molar-refractivity contribution in [2.75, 3.05) is 24.2 Å². The van der Waals surface area contributed by atoms with Gasteiger partial charge in [0, 0.05) is 38.0 Å². The first-order chi connectivity index (χ1) is 11.4. The molecule has 3 heterocycles. The molecule has 6 nitrogen and oxygen atoms in total. The minimum absolute atomic E-state index is 0.306. The van der Waals surface area contributed by atoms with Gasteiger partial charge in [0.2, 0.25) is 0 Å². The smallest absolute Gasteiger partial charge is 0.186 e. The van der Waals surface area contributed by atoms with Crippen molar-refractivity contribution in [3.63, 3.8) is 0 Å². The lowest BCUT2D eigenvalue weighted by Gasteiger charge is -2.39. The molecule has 1 aliphatic rings. The van der Waals surface area contributed by atoms with E-state index in [4.69, 9.17) is 0 Å². The van der Waals surface area contributed by atoms with Gasteiger partial charge in [0.05, 0.1) is 20.3 Å². The molecule has 9 heteroatoms. The van der Waals surface area contributed by atoms with Gasteiger partial charge in [0.1, 0.15) is 5.52 Å². The van der Waals surface area contributed by atoms with Crippen LogP contribution in [0.5, 0.6) is 0 Å². The van der Waals surface area contributed by atoms with Crippen LogP contribution in [0.2, 0.25) is 0 Å². The van der Waals surface area contributed by atoms with Crippen molar-refractivity contribution in [2.24, 2.45) is 5.92 Å². The average molecular weight is 427 g/mol. The van der Waals surface area contributed by atoms with Gasteiger partial charge in [0.15, 0.2) is 15.0 Å². The molecule has 0 aliphatic carbocycles. The summed E-state index contributed by atoms with van der Waals surface area (Å²) >= 11 is 4.95. The Morgan fingerprint density at radius 3 is 2.83 bits per heavy atom. The number of para-hydroxylation sites is 1. The minimum atomic E-state index is -3.27. The highest BCUT2D eigenvalue weighted by atomic mass is 79.9. The molecule has 24 heavy (non-hydrogen) atoms. The molecule has 0 unspecified atom stereocenters. The number of halogens is 1. The van der Waals surface area contributed by atoms with E-state index in [2.05, 4.69) is 30.9 Å². The Morgan fingerprint density at radius 1 is 1.38 bits per heavy atom. The Balaban J connectivity index is 1.52. The number of nitrogens with zero attached hydrogens (tertiary/aromatic N) is 4. The molecule has 0 saturated carbocycles. The molecule has 0 bridgehead atoms. The molecule has 0 spiro atoms. The van der Waals surface area contributed by atoms with Gasteiger partial charge in [0.25, 0.3) is 0 Å². The van der Waals surface area contributed by atoms with E-state index in [1.165, 1.54) is 6.26 Å². The van der Waals surface area contributed by atoms with E-state index < -0.39 is 9.84 Å². The molecular weight excluding hydrogens is 412 g/mol. The molecule has 1 fully saturated rings. The number of hydrogen-bond acceptors (Lipinski definition) is 6. The van der Waals surface area contributed by atoms with Crippen LogP contribution in [-0.2, 0) is 16.4 Å². The Bertz CT molecular complexity index is 1010. The maximum Gasteiger partial charge on any atom is 0.186 e. The molecule has 0 N–H and O–H groups in total. The highest BCUT2D eigenvalue weighted by Gasteiger charge is 2.30. The summed E-state index contributed by atoms with van der Waals surface area (Å²) in [7, 11) is -3.27. The van der Waals surface area contributed by atoms with Crippen LogP contribution in [-0.4, -0.2) is 42.5 Å². The number of fused-ring (bicyclic) bond motifs is 1. The maximum atomic E-state index is 11.9. The lowest BCUT2D eigenvalue weighted by Crippen LogP contribution is -2.48. The molecule has 3 aromatic rings. The molecule has 1 aromatic carbocycles. The summed E-state index contributed by atoms with van der Waals surface area (Å²) < 4.78 is 27.6. The number of aromatic nitrogens is 3. The third-order valence-corrected chi connectivity index (χ3v) is 6.66. The van der Waals surface area contributed by atoms with Crippen molar-refractivity contribution in [3.8, 4) is 0 Å². The molecule has 2 aromatic heterocycles. The largest absolute Gasteiger partial charge is 0.347 e. The predicted octanol–water partition coefficient (Wildman–Crippen LogP) is 2.80. The van der Waals surface area contributed by atoms with E-state index in [1.807, 2.05) is 16.9 Å². The number of thiazole rings is 1. The van der Waals surface area contributed by atoms with Gasteiger partial charge in [-0.25, -0.2) is 13.4 Å². The standard InChI is InChI=1S/C15H15BrN4O2S2/c1-24(21,22)13-4-2-3-12-14(13)18-15(23-12)19-6-10(7-19)8-20-9-11(16)5-17-20/h2-5,9-10H,6-8H2,1H3. The van der Waals surface area contributed by atoms with E-state index in [-0.39, 0.29) is 0 Å². The second kappa shape index (κ2) is 5.82. The maximum absolute atomic E-state index is 11.9. The molecule has 4 rings (SSSR count). The molecule has 1 aliphatic heterocycles. The Hall–Kier alpha value is -1.45. The van der Waals surface area contributed by atoms with Crippen LogP contribution in [0.1, 0.15) is 0 Å². The summed E-state index contributed by atoms with van der Waals surface area (Å²) in [4.78, 5) is 7.08. The van der Waals surface area contributed by atoms with Crippen molar-refractivity contribution >= 4 is 52.5 Å². The zero-order valence-electron chi connectivity index (χ0n) is 12.9. The van der Waals surface area contributed by atoms with Gasteiger partial charge in [-0.2, -0.15) is 5.10 Å². The van der Waals surface area contributed by atoms with E-state index in [0.717, 1.165) is 33.9 Å². The first-order valence-electron chi connectivity index (χ1n) is 7.42. The van der Waals surface area contributed by atoms with E-state index >= 15 is 0 Å². The molecule has 126 valence electrons. The second-order valence-electron chi connectivity index (χ2n) is 6.02. The Kier molecular flexibility index (Phi) is 3.89.